The molecule has 1 aromatic carbocycles. The zero-order valence-electron chi connectivity index (χ0n) is 13.1. The van der Waals surface area contributed by atoms with Gasteiger partial charge >= 0.3 is 0 Å². The number of sulfone groups is 1. The summed E-state index contributed by atoms with van der Waals surface area (Å²) in [7, 11) is -3.53. The standard InChI is InChI=1S/C15H19N3O4S/c1-11-9-17(7-8-22-11)14(19)10-18-13-6-4-3-5-12(13)16-15(18)23(2,20)21/h3-6,11H,7-10H2,1-2H3. The van der Waals surface area contributed by atoms with E-state index in [0.717, 1.165) is 6.26 Å². The minimum Gasteiger partial charge on any atom is -0.375 e. The molecule has 2 aromatic rings. The van der Waals surface area contributed by atoms with Gasteiger partial charge in [0.05, 0.1) is 23.7 Å². The second kappa shape index (κ2) is 5.93. The van der Waals surface area contributed by atoms with Gasteiger partial charge in [0.25, 0.3) is 0 Å². The van der Waals surface area contributed by atoms with E-state index in [1.807, 2.05) is 6.92 Å². The number of hydrogen-bond acceptors (Lipinski definition) is 5. The van der Waals surface area contributed by atoms with Gasteiger partial charge in [0.15, 0.2) is 0 Å². The Hall–Kier alpha value is -1.93. The summed E-state index contributed by atoms with van der Waals surface area (Å²) in [5.41, 5.74) is 1.21. The fraction of sp³-hybridized carbons (Fsp3) is 0.467. The molecular formula is C15H19N3O4S. The zero-order valence-corrected chi connectivity index (χ0v) is 13.9. The predicted molar refractivity (Wildman–Crippen MR) is 84.8 cm³/mol. The Morgan fingerprint density at radius 3 is 2.83 bits per heavy atom. The lowest BCUT2D eigenvalue weighted by Crippen LogP contribution is -2.45. The van der Waals surface area contributed by atoms with Crippen molar-refractivity contribution in [2.75, 3.05) is 26.0 Å². The lowest BCUT2D eigenvalue weighted by atomic mass is 10.3. The van der Waals surface area contributed by atoms with E-state index in [2.05, 4.69) is 4.98 Å². The Balaban J connectivity index is 1.97. The predicted octanol–water partition coefficient (Wildman–Crippen LogP) is 0.687. The lowest BCUT2D eigenvalue weighted by molar-refractivity contribution is -0.138. The first-order chi connectivity index (χ1) is 10.9. The molecule has 1 aromatic heterocycles. The van der Waals surface area contributed by atoms with Crippen LogP contribution in [0.1, 0.15) is 6.92 Å². The molecular weight excluding hydrogens is 318 g/mol. The molecule has 8 heteroatoms. The molecule has 1 aliphatic heterocycles. The second-order valence-corrected chi connectivity index (χ2v) is 7.67. The fourth-order valence-electron chi connectivity index (χ4n) is 2.77. The van der Waals surface area contributed by atoms with Crippen LogP contribution in [0.25, 0.3) is 11.0 Å². The summed E-state index contributed by atoms with van der Waals surface area (Å²) >= 11 is 0. The van der Waals surface area contributed by atoms with Crippen LogP contribution in [0.15, 0.2) is 29.4 Å². The summed E-state index contributed by atoms with van der Waals surface area (Å²) in [5, 5.41) is -0.0756. The highest BCUT2D eigenvalue weighted by molar-refractivity contribution is 7.90. The van der Waals surface area contributed by atoms with Crippen LogP contribution in [0.4, 0.5) is 0 Å². The minimum absolute atomic E-state index is 0.0124. The van der Waals surface area contributed by atoms with E-state index in [9.17, 15) is 13.2 Å². The highest BCUT2D eigenvalue weighted by atomic mass is 32.2. The maximum absolute atomic E-state index is 12.6. The first-order valence-corrected chi connectivity index (χ1v) is 9.30. The van der Waals surface area contributed by atoms with Gasteiger partial charge in [-0.1, -0.05) is 12.1 Å². The smallest absolute Gasteiger partial charge is 0.242 e. The van der Waals surface area contributed by atoms with Crippen LogP contribution in [0.2, 0.25) is 0 Å². The molecule has 0 radical (unpaired) electrons. The molecule has 7 nitrogen and oxygen atoms in total. The number of nitrogens with zero attached hydrogens (tertiary/aromatic N) is 3. The number of imidazole rings is 1. The van der Waals surface area contributed by atoms with Crippen LogP contribution in [0.3, 0.4) is 0 Å². The van der Waals surface area contributed by atoms with Gasteiger partial charge in [-0.3, -0.25) is 4.79 Å². The zero-order chi connectivity index (χ0) is 16.6. The lowest BCUT2D eigenvalue weighted by Gasteiger charge is -2.31. The van der Waals surface area contributed by atoms with Crippen molar-refractivity contribution < 1.29 is 17.9 Å². The van der Waals surface area contributed by atoms with Crippen LogP contribution in [0, 0.1) is 0 Å². The number of ether oxygens (including phenoxy) is 1. The van der Waals surface area contributed by atoms with Gasteiger partial charge in [-0.25, -0.2) is 13.4 Å². The van der Waals surface area contributed by atoms with Gasteiger partial charge in [0, 0.05) is 19.3 Å². The van der Waals surface area contributed by atoms with Gasteiger partial charge in [-0.15, -0.1) is 0 Å². The van der Waals surface area contributed by atoms with Gasteiger partial charge in [-0.05, 0) is 19.1 Å². The maximum atomic E-state index is 12.6. The molecule has 0 N–H and O–H groups in total. The van der Waals surface area contributed by atoms with E-state index in [0.29, 0.717) is 30.7 Å². The molecule has 2 heterocycles. The maximum Gasteiger partial charge on any atom is 0.242 e. The molecule has 1 saturated heterocycles. The number of fused-ring (bicyclic) bond motifs is 1. The van der Waals surface area contributed by atoms with Crippen LogP contribution >= 0.6 is 0 Å². The quantitative estimate of drug-likeness (QED) is 0.823. The Labute approximate surface area is 134 Å². The Morgan fingerprint density at radius 2 is 2.13 bits per heavy atom. The largest absolute Gasteiger partial charge is 0.375 e. The summed E-state index contributed by atoms with van der Waals surface area (Å²) in [5.74, 6) is -0.131. The van der Waals surface area contributed by atoms with E-state index in [-0.39, 0.29) is 23.7 Å². The molecule has 0 saturated carbocycles. The van der Waals surface area contributed by atoms with Crippen LogP contribution in [-0.4, -0.2) is 60.8 Å². The SMILES string of the molecule is CC1CN(C(=O)Cn2c(S(C)(=O)=O)nc3ccccc32)CCO1. The van der Waals surface area contributed by atoms with Gasteiger partial charge < -0.3 is 14.2 Å². The summed E-state index contributed by atoms with van der Waals surface area (Å²) in [4.78, 5) is 18.4. The number of rotatable bonds is 3. The van der Waals surface area contributed by atoms with E-state index in [1.54, 1.807) is 29.2 Å². The van der Waals surface area contributed by atoms with Crippen LogP contribution in [-0.2, 0) is 25.9 Å². The number of amides is 1. The Morgan fingerprint density at radius 1 is 1.39 bits per heavy atom. The number of carbonyl (C=O) groups is 1. The first-order valence-electron chi connectivity index (χ1n) is 7.41. The molecule has 23 heavy (non-hydrogen) atoms. The van der Waals surface area contributed by atoms with Crippen molar-refractivity contribution in [3.05, 3.63) is 24.3 Å². The topological polar surface area (TPSA) is 81.5 Å². The van der Waals surface area contributed by atoms with Crippen molar-refractivity contribution in [3.8, 4) is 0 Å². The summed E-state index contributed by atoms with van der Waals surface area (Å²) in [6, 6.07) is 7.10. The monoisotopic (exact) mass is 337 g/mol. The molecule has 124 valence electrons. The Bertz CT molecular complexity index is 844. The first kappa shape index (κ1) is 15.9. The number of aromatic nitrogens is 2. The van der Waals surface area contributed by atoms with E-state index < -0.39 is 9.84 Å². The van der Waals surface area contributed by atoms with Crippen LogP contribution < -0.4 is 0 Å². The molecule has 0 aliphatic carbocycles. The van der Waals surface area contributed by atoms with E-state index >= 15 is 0 Å². The van der Waals surface area contributed by atoms with Crippen molar-refractivity contribution >= 4 is 26.8 Å². The summed E-state index contributed by atoms with van der Waals surface area (Å²) in [6.07, 6.45) is 1.09. The molecule has 1 amide bonds. The Kier molecular flexibility index (Phi) is 4.11. The molecule has 0 bridgehead atoms. The fourth-order valence-corrected chi connectivity index (χ4v) is 3.60. The number of morpholine rings is 1. The third-order valence-electron chi connectivity index (χ3n) is 3.84. The highest BCUT2D eigenvalue weighted by Gasteiger charge is 2.25. The number of carbonyl (C=O) groups excluding carboxylic acids is 1. The van der Waals surface area contributed by atoms with Gasteiger partial charge in [-0.2, -0.15) is 0 Å². The van der Waals surface area contributed by atoms with Crippen molar-refractivity contribution in [1.82, 2.24) is 14.5 Å². The molecule has 1 atom stereocenters. The molecule has 3 rings (SSSR count). The third-order valence-corrected chi connectivity index (χ3v) is 4.81. The summed E-state index contributed by atoms with van der Waals surface area (Å²) in [6.45, 7) is 3.39. The average molecular weight is 337 g/mol. The molecule has 1 aliphatic rings. The van der Waals surface area contributed by atoms with Crippen molar-refractivity contribution in [3.63, 3.8) is 0 Å². The van der Waals surface area contributed by atoms with Crippen molar-refractivity contribution in [2.24, 2.45) is 0 Å². The highest BCUT2D eigenvalue weighted by Crippen LogP contribution is 2.20. The molecule has 1 fully saturated rings. The average Bonchev–Trinajstić information content (AvgIpc) is 2.86. The number of para-hydroxylation sites is 2. The second-order valence-electron chi connectivity index (χ2n) is 5.76. The summed E-state index contributed by atoms with van der Waals surface area (Å²) < 4.78 is 30.9. The van der Waals surface area contributed by atoms with Gasteiger partial charge in [0.1, 0.15) is 6.54 Å². The van der Waals surface area contributed by atoms with Crippen LogP contribution in [0.5, 0.6) is 0 Å². The van der Waals surface area contributed by atoms with Crippen molar-refractivity contribution in [2.45, 2.75) is 24.7 Å². The number of hydrogen-bond donors (Lipinski definition) is 0. The third kappa shape index (κ3) is 3.23. The minimum atomic E-state index is -3.53. The van der Waals surface area contributed by atoms with Gasteiger partial charge in [0.2, 0.25) is 20.9 Å². The number of benzene rings is 1. The van der Waals surface area contributed by atoms with E-state index in [4.69, 9.17) is 4.74 Å². The van der Waals surface area contributed by atoms with E-state index in [1.165, 1.54) is 4.57 Å². The van der Waals surface area contributed by atoms with Crippen molar-refractivity contribution in [1.29, 1.82) is 0 Å². The molecule has 0 spiro atoms. The normalized spacial score (nSPS) is 19.2. The molecule has 1 unspecified atom stereocenters.